The first-order valence-corrected chi connectivity index (χ1v) is 11.3. The van der Waals surface area contributed by atoms with E-state index in [0.717, 1.165) is 24.2 Å². The summed E-state index contributed by atoms with van der Waals surface area (Å²) >= 11 is 0. The maximum atomic E-state index is 13.3. The highest BCUT2D eigenvalue weighted by molar-refractivity contribution is 6.07. The molecule has 0 bridgehead atoms. The molecule has 1 atom stereocenters. The summed E-state index contributed by atoms with van der Waals surface area (Å²) in [6.07, 6.45) is 3.98. The number of ether oxygens (including phenoxy) is 2. The van der Waals surface area contributed by atoms with Crippen molar-refractivity contribution in [1.29, 1.82) is 0 Å². The Hall–Kier alpha value is -2.50. The third-order valence-corrected chi connectivity index (χ3v) is 5.81. The topological polar surface area (TPSA) is 55.8 Å². The highest BCUT2D eigenvalue weighted by atomic mass is 16.6. The summed E-state index contributed by atoms with van der Waals surface area (Å²) in [6, 6.07) is 19.1. The zero-order chi connectivity index (χ0) is 21.9. The van der Waals surface area contributed by atoms with E-state index < -0.39 is 11.6 Å². The van der Waals surface area contributed by atoms with Gasteiger partial charge in [0.05, 0.1) is 6.61 Å². The number of ketones is 1. The number of esters is 1. The van der Waals surface area contributed by atoms with Gasteiger partial charge in [0.25, 0.3) is 0 Å². The minimum atomic E-state index is -1.64. The van der Waals surface area contributed by atoms with E-state index in [1.165, 1.54) is 19.3 Å². The first-order chi connectivity index (χ1) is 15.1. The molecule has 1 saturated heterocycles. The Morgan fingerprint density at radius 2 is 1.52 bits per heavy atom. The van der Waals surface area contributed by atoms with Gasteiger partial charge in [0, 0.05) is 19.4 Å². The fraction of sp³-hybridized carbons (Fsp3) is 0.462. The number of likely N-dealkylation sites (tertiary alicyclic amines) is 1. The van der Waals surface area contributed by atoms with Crippen molar-refractivity contribution in [3.8, 4) is 0 Å². The van der Waals surface area contributed by atoms with Crippen LogP contribution in [0.1, 0.15) is 43.7 Å². The molecule has 5 nitrogen and oxygen atoms in total. The summed E-state index contributed by atoms with van der Waals surface area (Å²) in [6.45, 7) is 4.94. The van der Waals surface area contributed by atoms with Crippen LogP contribution in [-0.2, 0) is 32.1 Å². The Kier molecular flexibility index (Phi) is 8.80. The zero-order valence-corrected chi connectivity index (χ0v) is 18.4. The van der Waals surface area contributed by atoms with Crippen LogP contribution in [0.15, 0.2) is 60.7 Å². The van der Waals surface area contributed by atoms with E-state index in [9.17, 15) is 9.59 Å². The van der Waals surface area contributed by atoms with Gasteiger partial charge in [0.2, 0.25) is 5.60 Å². The van der Waals surface area contributed by atoms with Crippen LogP contribution in [0.3, 0.4) is 0 Å². The molecule has 1 heterocycles. The zero-order valence-electron chi connectivity index (χ0n) is 18.4. The summed E-state index contributed by atoms with van der Waals surface area (Å²) in [5, 5.41) is 0. The number of benzene rings is 2. The van der Waals surface area contributed by atoms with E-state index in [4.69, 9.17) is 9.47 Å². The number of hydrogen-bond donors (Lipinski definition) is 0. The maximum Gasteiger partial charge on any atom is 0.346 e. The standard InChI is InChI=1S/C26H33NO4/c1-2-24(28)26(20-22-12-6-3-7-13-22,31-21-23-14-8-4-9-15-23)25(29)30-19-18-27-16-10-5-11-17-27/h3-4,6-9,12-15H,2,5,10-11,16-21H2,1H3. The van der Waals surface area contributed by atoms with Gasteiger partial charge >= 0.3 is 5.97 Å². The number of rotatable bonds is 11. The fourth-order valence-corrected chi connectivity index (χ4v) is 3.99. The van der Waals surface area contributed by atoms with Gasteiger partial charge in [0.1, 0.15) is 6.61 Å². The van der Waals surface area contributed by atoms with E-state index in [2.05, 4.69) is 4.90 Å². The number of carbonyl (C=O) groups is 2. The van der Waals surface area contributed by atoms with Gasteiger partial charge in [-0.3, -0.25) is 9.69 Å². The van der Waals surface area contributed by atoms with Crippen molar-refractivity contribution in [3.05, 3.63) is 71.8 Å². The number of nitrogens with zero attached hydrogens (tertiary/aromatic N) is 1. The van der Waals surface area contributed by atoms with E-state index >= 15 is 0 Å². The fourth-order valence-electron chi connectivity index (χ4n) is 3.99. The molecule has 1 fully saturated rings. The highest BCUT2D eigenvalue weighted by Crippen LogP contribution is 2.25. The molecule has 31 heavy (non-hydrogen) atoms. The van der Waals surface area contributed by atoms with E-state index in [-0.39, 0.29) is 31.8 Å². The molecule has 166 valence electrons. The first-order valence-electron chi connectivity index (χ1n) is 11.3. The Bertz CT molecular complexity index is 818. The molecule has 1 unspecified atom stereocenters. The number of Topliss-reactive ketones (excluding diaryl/α,β-unsaturated/α-hetero) is 1. The second-order valence-electron chi connectivity index (χ2n) is 8.08. The number of hydrogen-bond acceptors (Lipinski definition) is 5. The van der Waals surface area contributed by atoms with Gasteiger partial charge in [0.15, 0.2) is 5.78 Å². The third kappa shape index (κ3) is 6.49. The number of piperidine rings is 1. The van der Waals surface area contributed by atoms with Crippen LogP contribution in [0.2, 0.25) is 0 Å². The summed E-state index contributed by atoms with van der Waals surface area (Å²) in [7, 11) is 0. The second-order valence-corrected chi connectivity index (χ2v) is 8.08. The van der Waals surface area contributed by atoms with Crippen LogP contribution in [0.4, 0.5) is 0 Å². The average Bonchev–Trinajstić information content (AvgIpc) is 2.83. The molecular weight excluding hydrogens is 390 g/mol. The molecule has 1 aliphatic heterocycles. The second kappa shape index (κ2) is 11.8. The highest BCUT2D eigenvalue weighted by Gasteiger charge is 2.47. The predicted octanol–water partition coefficient (Wildman–Crippen LogP) is 4.19. The lowest BCUT2D eigenvalue weighted by Crippen LogP contribution is -2.52. The molecule has 0 saturated carbocycles. The molecule has 2 aromatic rings. The molecule has 1 aliphatic rings. The lowest BCUT2D eigenvalue weighted by atomic mass is 9.88. The Labute approximate surface area is 185 Å². The number of carbonyl (C=O) groups excluding carboxylic acids is 2. The summed E-state index contributed by atoms with van der Waals surface area (Å²) in [5.74, 6) is -0.841. The molecule has 3 rings (SSSR count). The van der Waals surface area contributed by atoms with Gasteiger partial charge in [-0.1, -0.05) is 74.0 Å². The Morgan fingerprint density at radius 1 is 0.903 bits per heavy atom. The summed E-state index contributed by atoms with van der Waals surface area (Å²) < 4.78 is 11.8. The monoisotopic (exact) mass is 423 g/mol. The summed E-state index contributed by atoms with van der Waals surface area (Å²) in [5.41, 5.74) is 0.128. The van der Waals surface area contributed by atoms with Crippen LogP contribution in [-0.4, -0.2) is 48.5 Å². The van der Waals surface area contributed by atoms with Crippen LogP contribution >= 0.6 is 0 Å². The molecule has 0 radical (unpaired) electrons. The van der Waals surface area contributed by atoms with E-state index in [1.54, 1.807) is 6.92 Å². The molecule has 0 aliphatic carbocycles. The van der Waals surface area contributed by atoms with E-state index in [1.807, 2.05) is 60.7 Å². The first kappa shape index (κ1) is 23.2. The molecular formula is C26H33NO4. The van der Waals surface area contributed by atoms with Gasteiger partial charge in [-0.2, -0.15) is 0 Å². The average molecular weight is 424 g/mol. The molecule has 0 amide bonds. The minimum absolute atomic E-state index is 0.163. The van der Waals surface area contributed by atoms with Crippen molar-refractivity contribution < 1.29 is 19.1 Å². The quantitative estimate of drug-likeness (QED) is 0.401. The smallest absolute Gasteiger partial charge is 0.346 e. The van der Waals surface area contributed by atoms with Gasteiger partial charge in [-0.25, -0.2) is 4.79 Å². The predicted molar refractivity (Wildman–Crippen MR) is 121 cm³/mol. The van der Waals surface area contributed by atoms with Crippen molar-refractivity contribution >= 4 is 11.8 Å². The van der Waals surface area contributed by atoms with Gasteiger partial charge < -0.3 is 9.47 Å². The van der Waals surface area contributed by atoms with Crippen molar-refractivity contribution in [1.82, 2.24) is 4.90 Å². The normalized spacial score (nSPS) is 16.4. The Morgan fingerprint density at radius 3 is 2.13 bits per heavy atom. The van der Waals surface area contributed by atoms with Crippen molar-refractivity contribution in [2.75, 3.05) is 26.2 Å². The molecule has 0 N–H and O–H groups in total. The van der Waals surface area contributed by atoms with Crippen molar-refractivity contribution in [2.24, 2.45) is 0 Å². The lowest BCUT2D eigenvalue weighted by Gasteiger charge is -2.31. The van der Waals surface area contributed by atoms with Crippen molar-refractivity contribution in [3.63, 3.8) is 0 Å². The molecule has 0 aromatic heterocycles. The lowest BCUT2D eigenvalue weighted by molar-refractivity contribution is -0.180. The molecule has 2 aromatic carbocycles. The van der Waals surface area contributed by atoms with Crippen LogP contribution in [0.5, 0.6) is 0 Å². The van der Waals surface area contributed by atoms with Crippen LogP contribution < -0.4 is 0 Å². The van der Waals surface area contributed by atoms with Gasteiger partial charge in [-0.15, -0.1) is 0 Å². The van der Waals surface area contributed by atoms with Crippen molar-refractivity contribution in [2.45, 2.75) is 51.2 Å². The molecule has 0 spiro atoms. The van der Waals surface area contributed by atoms with Crippen LogP contribution in [0.25, 0.3) is 0 Å². The minimum Gasteiger partial charge on any atom is -0.462 e. The largest absolute Gasteiger partial charge is 0.462 e. The SMILES string of the molecule is CCC(=O)C(Cc1ccccc1)(OCc1ccccc1)C(=O)OCCN1CCCCC1. The maximum absolute atomic E-state index is 13.3. The van der Waals surface area contributed by atoms with E-state index in [0.29, 0.717) is 6.54 Å². The summed E-state index contributed by atoms with van der Waals surface area (Å²) in [4.78, 5) is 28.8. The van der Waals surface area contributed by atoms with Gasteiger partial charge in [-0.05, 0) is 37.1 Å². The van der Waals surface area contributed by atoms with Crippen LogP contribution in [0, 0.1) is 0 Å². The molecule has 5 heteroatoms. The third-order valence-electron chi connectivity index (χ3n) is 5.81. The Balaban J connectivity index is 1.77.